The van der Waals surface area contributed by atoms with E-state index in [1.165, 1.54) is 18.9 Å². The van der Waals surface area contributed by atoms with Crippen LogP contribution in [0.5, 0.6) is 0 Å². The molecule has 0 amide bonds. The van der Waals surface area contributed by atoms with E-state index in [1.807, 2.05) is 26.0 Å². The van der Waals surface area contributed by atoms with Crippen molar-refractivity contribution in [1.82, 2.24) is 10.6 Å². The van der Waals surface area contributed by atoms with E-state index in [9.17, 15) is 4.39 Å². The van der Waals surface area contributed by atoms with Crippen molar-refractivity contribution >= 4 is 29.9 Å². The van der Waals surface area contributed by atoms with Crippen molar-refractivity contribution in [3.63, 3.8) is 0 Å². The maximum absolute atomic E-state index is 13.9. The first kappa shape index (κ1) is 19.2. The molecule has 0 radical (unpaired) electrons. The fraction of sp³-hybridized carbons (Fsp3) is 0.588. The zero-order chi connectivity index (χ0) is 15.3. The van der Waals surface area contributed by atoms with Crippen molar-refractivity contribution in [2.24, 2.45) is 10.9 Å². The predicted octanol–water partition coefficient (Wildman–Crippen LogP) is 3.69. The molecule has 1 saturated carbocycles. The van der Waals surface area contributed by atoms with Gasteiger partial charge in [-0.3, -0.25) is 4.99 Å². The predicted molar refractivity (Wildman–Crippen MR) is 102 cm³/mol. The average molecular weight is 419 g/mol. The van der Waals surface area contributed by atoms with Gasteiger partial charge in [0.05, 0.1) is 6.54 Å². The monoisotopic (exact) mass is 419 g/mol. The van der Waals surface area contributed by atoms with E-state index in [4.69, 9.17) is 0 Å². The first-order valence-electron chi connectivity index (χ1n) is 7.80. The summed E-state index contributed by atoms with van der Waals surface area (Å²) in [5.41, 5.74) is 0.389. The number of nitrogens with zero attached hydrogens (tertiary/aromatic N) is 1. The van der Waals surface area contributed by atoms with Crippen molar-refractivity contribution in [3.05, 3.63) is 35.6 Å². The van der Waals surface area contributed by atoms with Crippen molar-refractivity contribution < 1.29 is 4.39 Å². The molecular formula is C17H27FIN3. The quantitative estimate of drug-likeness (QED) is 0.419. The van der Waals surface area contributed by atoms with Crippen molar-refractivity contribution in [3.8, 4) is 0 Å². The van der Waals surface area contributed by atoms with E-state index in [-0.39, 0.29) is 35.2 Å². The number of hydrogen-bond donors (Lipinski definition) is 2. The van der Waals surface area contributed by atoms with E-state index in [2.05, 4.69) is 22.5 Å². The first-order chi connectivity index (χ1) is 10.0. The number of halogens is 2. The minimum atomic E-state index is -0.326. The molecule has 22 heavy (non-hydrogen) atoms. The van der Waals surface area contributed by atoms with E-state index < -0.39 is 0 Å². The number of rotatable bonds is 6. The van der Waals surface area contributed by atoms with Crippen LogP contribution >= 0.6 is 24.0 Å². The van der Waals surface area contributed by atoms with Crippen LogP contribution in [0, 0.1) is 11.7 Å². The number of guanidine groups is 1. The summed E-state index contributed by atoms with van der Waals surface area (Å²) in [6.07, 6.45) is 2.63. The smallest absolute Gasteiger partial charge is 0.191 e. The topological polar surface area (TPSA) is 36.4 Å². The Hall–Kier alpha value is -0.850. The highest BCUT2D eigenvalue weighted by molar-refractivity contribution is 14.0. The molecule has 1 aliphatic carbocycles. The third-order valence-corrected chi connectivity index (χ3v) is 3.83. The summed E-state index contributed by atoms with van der Waals surface area (Å²) in [6, 6.07) is 6.95. The summed E-state index contributed by atoms with van der Waals surface area (Å²) in [4.78, 5) is 4.63. The molecule has 2 N–H and O–H groups in total. The maximum atomic E-state index is 13.9. The van der Waals surface area contributed by atoms with Crippen LogP contribution in [0.15, 0.2) is 29.3 Å². The van der Waals surface area contributed by atoms with E-state index in [0.717, 1.165) is 25.0 Å². The molecular weight excluding hydrogens is 392 g/mol. The van der Waals surface area contributed by atoms with Crippen molar-refractivity contribution in [2.45, 2.75) is 39.0 Å². The van der Waals surface area contributed by atoms with Gasteiger partial charge in [0.1, 0.15) is 5.82 Å². The van der Waals surface area contributed by atoms with Gasteiger partial charge in [0.25, 0.3) is 0 Å². The summed E-state index contributed by atoms with van der Waals surface area (Å²) < 4.78 is 13.9. The molecule has 0 saturated heterocycles. The Morgan fingerprint density at radius 1 is 1.27 bits per heavy atom. The second kappa shape index (κ2) is 8.70. The van der Waals surface area contributed by atoms with Crippen LogP contribution in [0.3, 0.4) is 0 Å². The average Bonchev–Trinajstić information content (AvgIpc) is 3.26. The lowest BCUT2D eigenvalue weighted by Crippen LogP contribution is -2.39. The second-order valence-corrected chi connectivity index (χ2v) is 6.38. The molecule has 0 heterocycles. The highest BCUT2D eigenvalue weighted by atomic mass is 127. The summed E-state index contributed by atoms with van der Waals surface area (Å²) in [7, 11) is 0. The molecule has 5 heteroatoms. The van der Waals surface area contributed by atoms with Gasteiger partial charge in [-0.2, -0.15) is 0 Å². The Labute approximate surface area is 150 Å². The summed E-state index contributed by atoms with van der Waals surface area (Å²) in [6.45, 7) is 8.46. The Morgan fingerprint density at radius 2 is 1.95 bits per heavy atom. The summed E-state index contributed by atoms with van der Waals surface area (Å²) >= 11 is 0. The van der Waals surface area contributed by atoms with Crippen LogP contribution in [-0.2, 0) is 5.41 Å². The number of hydrogen-bond acceptors (Lipinski definition) is 1. The Morgan fingerprint density at radius 3 is 2.55 bits per heavy atom. The highest BCUT2D eigenvalue weighted by Gasteiger charge is 2.24. The Balaban J connectivity index is 0.00000242. The molecule has 3 nitrogen and oxygen atoms in total. The molecule has 1 fully saturated rings. The van der Waals surface area contributed by atoms with Crippen LogP contribution < -0.4 is 10.6 Å². The highest BCUT2D eigenvalue weighted by Crippen LogP contribution is 2.28. The van der Waals surface area contributed by atoms with Gasteiger partial charge in [0.2, 0.25) is 0 Å². The van der Waals surface area contributed by atoms with Gasteiger partial charge < -0.3 is 10.6 Å². The molecule has 1 aliphatic rings. The fourth-order valence-electron chi connectivity index (χ4n) is 2.28. The normalized spacial score (nSPS) is 15.2. The van der Waals surface area contributed by atoms with Crippen LogP contribution in [0.25, 0.3) is 0 Å². The lowest BCUT2D eigenvalue weighted by molar-refractivity contribution is 0.492. The van der Waals surface area contributed by atoms with E-state index >= 15 is 0 Å². The zero-order valence-electron chi connectivity index (χ0n) is 13.7. The van der Waals surface area contributed by atoms with Gasteiger partial charge in [0.15, 0.2) is 5.96 Å². The van der Waals surface area contributed by atoms with Crippen molar-refractivity contribution in [1.29, 1.82) is 0 Å². The van der Waals surface area contributed by atoms with Gasteiger partial charge >= 0.3 is 0 Å². The third kappa shape index (κ3) is 5.74. The van der Waals surface area contributed by atoms with E-state index in [0.29, 0.717) is 12.1 Å². The third-order valence-electron chi connectivity index (χ3n) is 3.83. The SMILES string of the molecule is CCNC(=NCC(C)(C)c1ccccc1F)NCC1CC1.I. The van der Waals surface area contributed by atoms with Crippen LogP contribution in [-0.4, -0.2) is 25.6 Å². The molecule has 0 bridgehead atoms. The minimum Gasteiger partial charge on any atom is -0.357 e. The number of benzene rings is 1. The summed E-state index contributed by atoms with van der Waals surface area (Å²) in [5.74, 6) is 1.47. The minimum absolute atomic E-state index is 0. The molecule has 124 valence electrons. The van der Waals surface area contributed by atoms with Gasteiger partial charge in [-0.1, -0.05) is 32.0 Å². The number of aliphatic imine (C=N–C) groups is 1. The molecule has 2 rings (SSSR count). The Bertz CT molecular complexity index is 498. The van der Waals surface area contributed by atoms with Gasteiger partial charge in [0, 0.05) is 18.5 Å². The lowest BCUT2D eigenvalue weighted by Gasteiger charge is -2.24. The Kier molecular flexibility index (Phi) is 7.59. The molecule has 0 unspecified atom stereocenters. The van der Waals surface area contributed by atoms with E-state index in [1.54, 1.807) is 6.07 Å². The van der Waals surface area contributed by atoms with Gasteiger partial charge in [-0.25, -0.2) is 4.39 Å². The molecule has 1 aromatic rings. The molecule has 0 aliphatic heterocycles. The van der Waals surface area contributed by atoms with Crippen molar-refractivity contribution in [2.75, 3.05) is 19.6 Å². The molecule has 1 aromatic carbocycles. The maximum Gasteiger partial charge on any atom is 0.191 e. The molecule has 0 aromatic heterocycles. The molecule has 0 spiro atoms. The van der Waals surface area contributed by atoms with Crippen LogP contribution in [0.1, 0.15) is 39.2 Å². The fourth-order valence-corrected chi connectivity index (χ4v) is 2.28. The molecule has 0 atom stereocenters. The first-order valence-corrected chi connectivity index (χ1v) is 7.80. The second-order valence-electron chi connectivity index (χ2n) is 6.38. The summed E-state index contributed by atoms with van der Waals surface area (Å²) in [5, 5.41) is 6.62. The number of nitrogens with one attached hydrogen (secondary N) is 2. The standard InChI is InChI=1S/C17H26FN3.HI/c1-4-19-16(20-11-13-9-10-13)21-12-17(2,3)14-7-5-6-8-15(14)18;/h5-8,13H,4,9-12H2,1-3H3,(H2,19,20,21);1H. The van der Waals surface area contributed by atoms with Crippen LogP contribution in [0.4, 0.5) is 4.39 Å². The largest absolute Gasteiger partial charge is 0.357 e. The lowest BCUT2D eigenvalue weighted by atomic mass is 9.84. The zero-order valence-corrected chi connectivity index (χ0v) is 16.0. The van der Waals surface area contributed by atoms with Gasteiger partial charge in [-0.15, -0.1) is 24.0 Å². The van der Waals surface area contributed by atoms with Gasteiger partial charge in [-0.05, 0) is 37.3 Å². The van der Waals surface area contributed by atoms with Crippen LogP contribution in [0.2, 0.25) is 0 Å².